The van der Waals surface area contributed by atoms with Crippen LogP contribution in [0, 0.1) is 0 Å². The van der Waals surface area contributed by atoms with E-state index in [1.165, 1.54) is 0 Å². The number of carbonyl (C=O) groups excluding carboxylic acids is 1. The summed E-state index contributed by atoms with van der Waals surface area (Å²) in [6.07, 6.45) is 3.42. The topological polar surface area (TPSA) is 64.2 Å². The van der Waals surface area contributed by atoms with Crippen LogP contribution in [-0.2, 0) is 18.4 Å². The number of aromatic nitrogens is 2. The number of carbonyl (C=O) groups is 1. The highest BCUT2D eigenvalue weighted by Crippen LogP contribution is 2.16. The van der Waals surface area contributed by atoms with Gasteiger partial charge in [0, 0.05) is 30.2 Å². The van der Waals surface area contributed by atoms with Gasteiger partial charge in [-0.25, -0.2) is 0 Å². The number of likely N-dealkylation sites (N-methyl/N-ethyl adjacent to an activating group) is 1. The molecule has 0 saturated heterocycles. The molecule has 0 bridgehead atoms. The molecule has 2 N–H and O–H groups in total. The van der Waals surface area contributed by atoms with Crippen LogP contribution in [-0.4, -0.2) is 27.1 Å². The van der Waals surface area contributed by atoms with Crippen LogP contribution in [0.4, 0.5) is 0 Å². The zero-order valence-electron chi connectivity index (χ0n) is 11.1. The van der Waals surface area contributed by atoms with Crippen molar-refractivity contribution in [2.75, 3.05) is 6.54 Å². The Balaban J connectivity index is 2.07. The summed E-state index contributed by atoms with van der Waals surface area (Å²) in [5.41, 5.74) is 6.76. The summed E-state index contributed by atoms with van der Waals surface area (Å²) in [6.45, 7) is 3.22. The summed E-state index contributed by atoms with van der Waals surface area (Å²) in [6, 6.07) is 3.36. The van der Waals surface area contributed by atoms with Gasteiger partial charge in [0.05, 0.1) is 12.7 Å². The van der Waals surface area contributed by atoms with Crippen molar-refractivity contribution < 1.29 is 4.79 Å². The Kier molecular flexibility index (Phi) is 4.34. The monoisotopic (exact) mass is 278 g/mol. The molecule has 0 aromatic carbocycles. The van der Waals surface area contributed by atoms with Crippen molar-refractivity contribution >= 4 is 17.2 Å². The number of aryl methyl sites for hydroxylation is 1. The van der Waals surface area contributed by atoms with Crippen molar-refractivity contribution in [2.24, 2.45) is 12.8 Å². The molecule has 1 amide bonds. The van der Waals surface area contributed by atoms with E-state index in [4.69, 9.17) is 5.73 Å². The van der Waals surface area contributed by atoms with E-state index in [0.717, 1.165) is 10.4 Å². The van der Waals surface area contributed by atoms with Crippen LogP contribution in [0.15, 0.2) is 29.9 Å². The molecule has 0 radical (unpaired) electrons. The Labute approximate surface area is 116 Å². The largest absolute Gasteiger partial charge is 0.336 e. The Morgan fingerprint density at radius 1 is 1.63 bits per heavy atom. The van der Waals surface area contributed by atoms with Crippen molar-refractivity contribution in [1.82, 2.24) is 14.7 Å². The molecule has 6 heteroatoms. The molecule has 0 aliphatic carbocycles. The lowest BCUT2D eigenvalue weighted by molar-refractivity contribution is -0.133. The van der Waals surface area contributed by atoms with Gasteiger partial charge in [0.2, 0.25) is 5.91 Å². The third kappa shape index (κ3) is 3.21. The number of nitrogens with zero attached hydrogens (tertiary/aromatic N) is 3. The molecule has 0 aliphatic heterocycles. The van der Waals surface area contributed by atoms with E-state index < -0.39 is 6.04 Å². The smallest absolute Gasteiger partial charge is 0.244 e. The SMILES string of the molecule is CCN(Cc1cccs1)C(=O)C(N)c1cnn(C)c1. The second-order valence-electron chi connectivity index (χ2n) is 4.36. The van der Waals surface area contributed by atoms with Crippen molar-refractivity contribution in [3.63, 3.8) is 0 Å². The molecule has 1 atom stereocenters. The van der Waals surface area contributed by atoms with Crippen molar-refractivity contribution in [2.45, 2.75) is 19.5 Å². The van der Waals surface area contributed by atoms with Crippen LogP contribution in [0.3, 0.4) is 0 Å². The molecule has 2 aromatic heterocycles. The van der Waals surface area contributed by atoms with E-state index in [1.807, 2.05) is 31.5 Å². The van der Waals surface area contributed by atoms with Crippen LogP contribution in [0.2, 0.25) is 0 Å². The normalized spacial score (nSPS) is 12.4. The second kappa shape index (κ2) is 5.99. The van der Waals surface area contributed by atoms with Crippen LogP contribution in [0.5, 0.6) is 0 Å². The number of hydrogen-bond acceptors (Lipinski definition) is 4. The predicted octanol–water partition coefficient (Wildman–Crippen LogP) is 1.53. The van der Waals surface area contributed by atoms with Gasteiger partial charge in [-0.2, -0.15) is 5.10 Å². The van der Waals surface area contributed by atoms with Crippen molar-refractivity contribution in [3.05, 3.63) is 40.3 Å². The van der Waals surface area contributed by atoms with Gasteiger partial charge in [-0.3, -0.25) is 9.48 Å². The summed E-state index contributed by atoms with van der Waals surface area (Å²) in [7, 11) is 1.81. The van der Waals surface area contributed by atoms with E-state index in [0.29, 0.717) is 13.1 Å². The molecule has 19 heavy (non-hydrogen) atoms. The molecular weight excluding hydrogens is 260 g/mol. The summed E-state index contributed by atoms with van der Waals surface area (Å²) in [4.78, 5) is 15.3. The summed E-state index contributed by atoms with van der Waals surface area (Å²) < 4.78 is 1.65. The van der Waals surface area contributed by atoms with E-state index in [1.54, 1.807) is 33.3 Å². The van der Waals surface area contributed by atoms with Gasteiger partial charge in [-0.15, -0.1) is 11.3 Å². The number of rotatable bonds is 5. The molecule has 102 valence electrons. The number of amides is 1. The molecule has 2 heterocycles. The lowest BCUT2D eigenvalue weighted by Gasteiger charge is -2.23. The number of thiophene rings is 1. The van der Waals surface area contributed by atoms with Crippen molar-refractivity contribution in [3.8, 4) is 0 Å². The lowest BCUT2D eigenvalue weighted by atomic mass is 10.1. The average molecular weight is 278 g/mol. The summed E-state index contributed by atoms with van der Waals surface area (Å²) >= 11 is 1.64. The Morgan fingerprint density at radius 2 is 2.42 bits per heavy atom. The first-order valence-electron chi connectivity index (χ1n) is 6.17. The Hall–Kier alpha value is -1.66. The van der Waals surface area contributed by atoms with Crippen LogP contribution < -0.4 is 5.73 Å². The zero-order valence-corrected chi connectivity index (χ0v) is 11.9. The molecule has 5 nitrogen and oxygen atoms in total. The molecule has 1 unspecified atom stereocenters. The molecule has 0 saturated carbocycles. The van der Waals surface area contributed by atoms with Gasteiger partial charge in [0.25, 0.3) is 0 Å². The molecule has 2 aromatic rings. The van der Waals surface area contributed by atoms with Gasteiger partial charge in [-0.05, 0) is 18.4 Å². The molecule has 0 fully saturated rings. The van der Waals surface area contributed by atoms with Gasteiger partial charge >= 0.3 is 0 Å². The van der Waals surface area contributed by atoms with Crippen LogP contribution in [0.1, 0.15) is 23.4 Å². The predicted molar refractivity (Wildman–Crippen MR) is 75.5 cm³/mol. The maximum absolute atomic E-state index is 12.4. The highest BCUT2D eigenvalue weighted by atomic mass is 32.1. The molecule has 2 rings (SSSR count). The third-order valence-corrected chi connectivity index (χ3v) is 3.83. The zero-order chi connectivity index (χ0) is 13.8. The first-order chi connectivity index (χ1) is 9.11. The van der Waals surface area contributed by atoms with Crippen LogP contribution >= 0.6 is 11.3 Å². The fraction of sp³-hybridized carbons (Fsp3) is 0.385. The van der Waals surface area contributed by atoms with Gasteiger partial charge < -0.3 is 10.6 Å². The number of hydrogen-bond donors (Lipinski definition) is 1. The summed E-state index contributed by atoms with van der Waals surface area (Å²) in [5, 5.41) is 6.06. The molecule has 0 spiro atoms. The molecule has 0 aliphatic rings. The quantitative estimate of drug-likeness (QED) is 0.902. The average Bonchev–Trinajstić information content (AvgIpc) is 3.05. The van der Waals surface area contributed by atoms with Crippen molar-refractivity contribution in [1.29, 1.82) is 0 Å². The van der Waals surface area contributed by atoms with Gasteiger partial charge in [-0.1, -0.05) is 6.07 Å². The minimum atomic E-state index is -0.645. The van der Waals surface area contributed by atoms with E-state index >= 15 is 0 Å². The molecular formula is C13H18N4OS. The standard InChI is InChI=1S/C13H18N4OS/c1-3-17(9-11-5-4-6-19-11)13(18)12(14)10-7-15-16(2)8-10/h4-8,12H,3,9,14H2,1-2H3. The van der Waals surface area contributed by atoms with Gasteiger partial charge in [0.15, 0.2) is 0 Å². The first kappa shape index (κ1) is 13.8. The lowest BCUT2D eigenvalue weighted by Crippen LogP contribution is -2.37. The number of nitrogens with two attached hydrogens (primary N) is 1. The van der Waals surface area contributed by atoms with Gasteiger partial charge in [0.1, 0.15) is 6.04 Å². The second-order valence-corrected chi connectivity index (χ2v) is 5.39. The fourth-order valence-electron chi connectivity index (χ4n) is 1.88. The minimum Gasteiger partial charge on any atom is -0.336 e. The highest BCUT2D eigenvalue weighted by Gasteiger charge is 2.22. The Morgan fingerprint density at radius 3 is 2.95 bits per heavy atom. The first-order valence-corrected chi connectivity index (χ1v) is 7.05. The summed E-state index contributed by atoms with van der Waals surface area (Å²) in [5.74, 6) is -0.0658. The van der Waals surface area contributed by atoms with Crippen LogP contribution in [0.25, 0.3) is 0 Å². The maximum Gasteiger partial charge on any atom is 0.244 e. The highest BCUT2D eigenvalue weighted by molar-refractivity contribution is 7.09. The Bertz CT molecular complexity index is 535. The minimum absolute atomic E-state index is 0.0658. The maximum atomic E-state index is 12.4. The van der Waals surface area contributed by atoms with E-state index in [2.05, 4.69) is 5.10 Å². The fourth-order valence-corrected chi connectivity index (χ4v) is 2.60. The van der Waals surface area contributed by atoms with E-state index in [9.17, 15) is 4.79 Å². The third-order valence-electron chi connectivity index (χ3n) is 2.97. The van der Waals surface area contributed by atoms with E-state index in [-0.39, 0.29) is 5.91 Å².